The van der Waals surface area contributed by atoms with E-state index in [0.717, 1.165) is 34.9 Å². The molecule has 0 aliphatic heterocycles. The van der Waals surface area contributed by atoms with Crippen molar-refractivity contribution in [3.63, 3.8) is 0 Å². The van der Waals surface area contributed by atoms with Crippen LogP contribution in [0.25, 0.3) is 11.0 Å². The number of para-hydroxylation sites is 2. The molecule has 29 heavy (non-hydrogen) atoms. The lowest BCUT2D eigenvalue weighted by Gasteiger charge is -2.15. The number of methoxy groups -OCH3 is 1. The Labute approximate surface area is 168 Å². The van der Waals surface area contributed by atoms with Gasteiger partial charge in [0, 0.05) is 7.11 Å². The summed E-state index contributed by atoms with van der Waals surface area (Å²) < 4.78 is 49.4. The monoisotopic (exact) mass is 425 g/mol. The van der Waals surface area contributed by atoms with Crippen molar-refractivity contribution in [2.75, 3.05) is 31.4 Å². The Kier molecular flexibility index (Phi) is 6.65. The molecule has 3 rings (SSSR count). The van der Waals surface area contributed by atoms with Gasteiger partial charge < -0.3 is 19.8 Å². The smallest absolute Gasteiger partial charge is 0.416 e. The lowest BCUT2D eigenvalue weighted by Crippen LogP contribution is -2.17. The second kappa shape index (κ2) is 9.19. The minimum absolute atomic E-state index is 0.0341. The largest absolute Gasteiger partial charge is 0.489 e. The zero-order chi connectivity index (χ0) is 20.9. The molecule has 0 spiro atoms. The van der Waals surface area contributed by atoms with Gasteiger partial charge in [-0.15, -0.1) is 0 Å². The van der Waals surface area contributed by atoms with Crippen LogP contribution in [0.2, 0.25) is 0 Å². The Balaban J connectivity index is 1.69. The number of nitrogens with one attached hydrogen (secondary N) is 2. The highest BCUT2D eigenvalue weighted by atomic mass is 32.2. The predicted octanol–water partition coefficient (Wildman–Crippen LogP) is 4.34. The summed E-state index contributed by atoms with van der Waals surface area (Å²) >= 11 is 1.15. The zero-order valence-corrected chi connectivity index (χ0v) is 16.2. The first-order chi connectivity index (χ1) is 13.9. The number of nitrogens with zero attached hydrogens (tertiary/aromatic N) is 1. The summed E-state index contributed by atoms with van der Waals surface area (Å²) in [6, 6.07) is 10.3. The quantitative estimate of drug-likeness (QED) is 0.415. The van der Waals surface area contributed by atoms with Crippen molar-refractivity contribution in [1.29, 1.82) is 0 Å². The molecule has 3 aromatic rings. The maximum atomic E-state index is 13.0. The molecule has 1 heterocycles. The Morgan fingerprint density at radius 3 is 2.72 bits per heavy atom. The van der Waals surface area contributed by atoms with Crippen LogP contribution in [0.5, 0.6) is 5.75 Å². The fraction of sp³-hybridized carbons (Fsp3) is 0.263. The van der Waals surface area contributed by atoms with E-state index in [9.17, 15) is 18.0 Å². The summed E-state index contributed by atoms with van der Waals surface area (Å²) in [6.07, 6.45) is -4.53. The molecule has 6 nitrogen and oxygen atoms in total. The molecule has 1 aromatic heterocycles. The van der Waals surface area contributed by atoms with E-state index in [2.05, 4.69) is 15.3 Å². The number of hydrogen-bond donors (Lipinski definition) is 2. The lowest BCUT2D eigenvalue weighted by molar-refractivity contribution is -0.137. The average molecular weight is 425 g/mol. The molecular formula is C19H18F3N3O3S. The molecule has 0 atom stereocenters. The number of imidazole rings is 1. The summed E-state index contributed by atoms with van der Waals surface area (Å²) in [5, 5.41) is 3.03. The molecule has 0 radical (unpaired) electrons. The highest BCUT2D eigenvalue weighted by molar-refractivity contribution is 7.99. The number of rotatable bonds is 8. The number of anilines is 1. The van der Waals surface area contributed by atoms with Crippen LogP contribution in [-0.4, -0.2) is 42.0 Å². The van der Waals surface area contributed by atoms with Crippen LogP contribution in [0.4, 0.5) is 18.9 Å². The van der Waals surface area contributed by atoms with Crippen LogP contribution in [-0.2, 0) is 15.7 Å². The van der Waals surface area contributed by atoms with Crippen molar-refractivity contribution in [3.8, 4) is 5.75 Å². The van der Waals surface area contributed by atoms with Crippen LogP contribution in [0.1, 0.15) is 5.56 Å². The summed E-state index contributed by atoms with van der Waals surface area (Å²) in [5.74, 6) is -0.378. The molecule has 2 aromatic carbocycles. The molecule has 0 bridgehead atoms. The third-order valence-electron chi connectivity index (χ3n) is 3.83. The van der Waals surface area contributed by atoms with Crippen LogP contribution >= 0.6 is 11.8 Å². The van der Waals surface area contributed by atoms with Gasteiger partial charge in [0.1, 0.15) is 12.4 Å². The van der Waals surface area contributed by atoms with Crippen molar-refractivity contribution in [3.05, 3.63) is 48.0 Å². The van der Waals surface area contributed by atoms with Crippen molar-refractivity contribution < 1.29 is 27.4 Å². The van der Waals surface area contributed by atoms with Gasteiger partial charge in [-0.3, -0.25) is 4.79 Å². The number of H-pyrrole nitrogens is 1. The van der Waals surface area contributed by atoms with Crippen molar-refractivity contribution >= 4 is 34.4 Å². The standard InChI is InChI=1S/C19H18F3N3O3S/c1-27-8-9-28-16-7-6-12(19(20,21)22)10-15(16)23-17(26)11-29-18-24-13-4-2-3-5-14(13)25-18/h2-7,10H,8-9,11H2,1H3,(H,23,26)(H,24,25). The number of carbonyl (C=O) groups is 1. The van der Waals surface area contributed by atoms with Gasteiger partial charge in [-0.2, -0.15) is 13.2 Å². The Hall–Kier alpha value is -2.72. The Morgan fingerprint density at radius 1 is 1.21 bits per heavy atom. The molecule has 0 saturated heterocycles. The number of carbonyl (C=O) groups excluding carboxylic acids is 1. The topological polar surface area (TPSA) is 76.2 Å². The van der Waals surface area contributed by atoms with E-state index in [1.54, 1.807) is 0 Å². The number of thioether (sulfide) groups is 1. The van der Waals surface area contributed by atoms with Gasteiger partial charge >= 0.3 is 6.18 Å². The lowest BCUT2D eigenvalue weighted by atomic mass is 10.1. The van der Waals surface area contributed by atoms with Crippen LogP contribution in [0.15, 0.2) is 47.6 Å². The number of fused-ring (bicyclic) bond motifs is 1. The van der Waals surface area contributed by atoms with E-state index in [1.165, 1.54) is 13.2 Å². The first kappa shape index (κ1) is 21.0. The molecular weight excluding hydrogens is 407 g/mol. The first-order valence-electron chi connectivity index (χ1n) is 8.57. The fourth-order valence-corrected chi connectivity index (χ4v) is 3.17. The normalized spacial score (nSPS) is 11.6. The second-order valence-corrected chi connectivity index (χ2v) is 6.91. The summed E-state index contributed by atoms with van der Waals surface area (Å²) in [7, 11) is 1.48. The highest BCUT2D eigenvalue weighted by Gasteiger charge is 2.31. The number of ether oxygens (including phenoxy) is 2. The Morgan fingerprint density at radius 2 is 2.00 bits per heavy atom. The number of halogens is 3. The van der Waals surface area contributed by atoms with Crippen molar-refractivity contribution in [2.45, 2.75) is 11.3 Å². The maximum absolute atomic E-state index is 13.0. The van der Waals surface area contributed by atoms with Crippen molar-refractivity contribution in [2.24, 2.45) is 0 Å². The third-order valence-corrected chi connectivity index (χ3v) is 4.71. The molecule has 2 N–H and O–H groups in total. The fourth-order valence-electron chi connectivity index (χ4n) is 2.48. The number of benzene rings is 2. The minimum atomic E-state index is -4.53. The number of aromatic amines is 1. The second-order valence-electron chi connectivity index (χ2n) is 5.95. The van der Waals surface area contributed by atoms with Crippen LogP contribution < -0.4 is 10.1 Å². The number of amides is 1. The van der Waals surface area contributed by atoms with Gasteiger partial charge in [-0.25, -0.2) is 4.98 Å². The molecule has 0 saturated carbocycles. The van der Waals surface area contributed by atoms with Gasteiger partial charge in [-0.1, -0.05) is 23.9 Å². The van der Waals surface area contributed by atoms with E-state index in [-0.39, 0.29) is 30.4 Å². The molecule has 0 fully saturated rings. The van der Waals surface area contributed by atoms with Gasteiger partial charge in [0.2, 0.25) is 5.91 Å². The third kappa shape index (κ3) is 5.64. The average Bonchev–Trinajstić information content (AvgIpc) is 3.10. The number of aromatic nitrogens is 2. The first-order valence-corrected chi connectivity index (χ1v) is 9.56. The van der Waals surface area contributed by atoms with Gasteiger partial charge in [0.15, 0.2) is 5.16 Å². The molecule has 10 heteroatoms. The van der Waals surface area contributed by atoms with Gasteiger partial charge in [-0.05, 0) is 30.3 Å². The van der Waals surface area contributed by atoms with Crippen molar-refractivity contribution in [1.82, 2.24) is 9.97 Å². The molecule has 0 aliphatic carbocycles. The van der Waals surface area contributed by atoms with E-state index in [1.807, 2.05) is 24.3 Å². The summed E-state index contributed by atoms with van der Waals surface area (Å²) in [5.41, 5.74) is 0.673. The van der Waals surface area contributed by atoms with E-state index in [0.29, 0.717) is 5.16 Å². The Bertz CT molecular complexity index is 958. The zero-order valence-electron chi connectivity index (χ0n) is 15.4. The minimum Gasteiger partial charge on any atom is -0.489 e. The predicted molar refractivity (Wildman–Crippen MR) is 104 cm³/mol. The van der Waals surface area contributed by atoms with Crippen LogP contribution in [0, 0.1) is 0 Å². The molecule has 0 unspecified atom stereocenters. The maximum Gasteiger partial charge on any atom is 0.416 e. The number of hydrogen-bond acceptors (Lipinski definition) is 5. The van der Waals surface area contributed by atoms with Gasteiger partial charge in [0.05, 0.1) is 34.6 Å². The summed E-state index contributed by atoms with van der Waals surface area (Å²) in [4.78, 5) is 19.7. The van der Waals surface area contributed by atoms with E-state index < -0.39 is 17.6 Å². The van der Waals surface area contributed by atoms with Gasteiger partial charge in [0.25, 0.3) is 0 Å². The number of alkyl halides is 3. The van der Waals surface area contributed by atoms with Crippen LogP contribution in [0.3, 0.4) is 0 Å². The SMILES string of the molecule is COCCOc1ccc(C(F)(F)F)cc1NC(=O)CSc1nc2ccccc2[nH]1. The summed E-state index contributed by atoms with van der Waals surface area (Å²) in [6.45, 7) is 0.398. The molecule has 154 valence electrons. The molecule has 1 amide bonds. The molecule has 0 aliphatic rings. The van der Waals surface area contributed by atoms with E-state index >= 15 is 0 Å². The van der Waals surface area contributed by atoms with E-state index in [4.69, 9.17) is 9.47 Å². The highest BCUT2D eigenvalue weighted by Crippen LogP contribution is 2.35.